The predicted octanol–water partition coefficient (Wildman–Crippen LogP) is 1.58. The summed E-state index contributed by atoms with van der Waals surface area (Å²) < 4.78 is 5.43. The lowest BCUT2D eigenvalue weighted by Gasteiger charge is -2.42. The van der Waals surface area contributed by atoms with Gasteiger partial charge in [0.2, 0.25) is 5.91 Å². The van der Waals surface area contributed by atoms with Gasteiger partial charge in [0, 0.05) is 32.2 Å². The topological polar surface area (TPSA) is 61.9 Å². The van der Waals surface area contributed by atoms with Gasteiger partial charge in [0.05, 0.1) is 18.1 Å². The number of thiophene rings is 1. The maximum absolute atomic E-state index is 13.0. The number of amides is 2. The Hall–Kier alpha value is -1.44. The number of likely N-dealkylation sites (tertiary alicyclic amines) is 1. The van der Waals surface area contributed by atoms with Crippen molar-refractivity contribution in [1.29, 1.82) is 0 Å². The fraction of sp³-hybridized carbons (Fsp3) is 0.667. The van der Waals surface area contributed by atoms with Crippen LogP contribution in [0, 0.1) is 0 Å². The van der Waals surface area contributed by atoms with E-state index in [1.165, 1.54) is 11.3 Å². The van der Waals surface area contributed by atoms with Crippen molar-refractivity contribution in [2.75, 3.05) is 39.4 Å². The molecule has 0 bridgehead atoms. The van der Waals surface area contributed by atoms with E-state index in [1.54, 1.807) is 19.9 Å². The number of ether oxygens (including phenoxy) is 1. The van der Waals surface area contributed by atoms with Gasteiger partial charge in [-0.3, -0.25) is 14.5 Å². The number of piperidine rings is 1. The zero-order valence-electron chi connectivity index (χ0n) is 15.0. The molecule has 2 saturated heterocycles. The maximum atomic E-state index is 13.0. The molecule has 0 aliphatic carbocycles. The van der Waals surface area contributed by atoms with Gasteiger partial charge < -0.3 is 15.0 Å². The predicted molar refractivity (Wildman–Crippen MR) is 97.9 cm³/mol. The van der Waals surface area contributed by atoms with Crippen LogP contribution < -0.4 is 5.32 Å². The van der Waals surface area contributed by atoms with Gasteiger partial charge in [-0.25, -0.2) is 0 Å². The van der Waals surface area contributed by atoms with Crippen LogP contribution in [0.3, 0.4) is 0 Å². The van der Waals surface area contributed by atoms with Crippen LogP contribution in [0.5, 0.6) is 0 Å². The minimum atomic E-state index is -0.909. The van der Waals surface area contributed by atoms with E-state index >= 15 is 0 Å². The molecular formula is C18H27N3O3S. The molecule has 25 heavy (non-hydrogen) atoms. The largest absolute Gasteiger partial charge is 0.379 e. The third kappa shape index (κ3) is 4.40. The maximum Gasteiger partial charge on any atom is 0.262 e. The molecule has 1 aromatic heterocycles. The van der Waals surface area contributed by atoms with E-state index in [-0.39, 0.29) is 11.8 Å². The van der Waals surface area contributed by atoms with Gasteiger partial charge in [0.25, 0.3) is 5.91 Å². The summed E-state index contributed by atoms with van der Waals surface area (Å²) in [6.07, 6.45) is 2.12. The molecule has 3 heterocycles. The number of hydrogen-bond acceptors (Lipinski definition) is 5. The first-order valence-electron chi connectivity index (χ1n) is 8.94. The zero-order chi connectivity index (χ0) is 17.9. The van der Waals surface area contributed by atoms with Gasteiger partial charge in [0.15, 0.2) is 0 Å². The molecule has 1 N–H and O–H groups in total. The number of rotatable bonds is 4. The lowest BCUT2D eigenvalue weighted by atomic mass is 9.98. The summed E-state index contributed by atoms with van der Waals surface area (Å²) in [6.45, 7) is 8.49. The fourth-order valence-electron chi connectivity index (χ4n) is 3.58. The second kappa shape index (κ2) is 7.85. The van der Waals surface area contributed by atoms with Crippen molar-refractivity contribution in [1.82, 2.24) is 15.1 Å². The SMILES string of the molecule is CC(C)(NC(=O)c1cccs1)C(=O)N1CCC[C@@H](N2CCOCC2)C1. The van der Waals surface area contributed by atoms with Crippen LogP contribution in [0.4, 0.5) is 0 Å². The second-order valence-electron chi connectivity index (χ2n) is 7.25. The number of morpholine rings is 1. The van der Waals surface area contributed by atoms with E-state index in [0.717, 1.165) is 52.2 Å². The molecule has 2 amide bonds. The summed E-state index contributed by atoms with van der Waals surface area (Å²) in [4.78, 5) is 30.3. The standard InChI is InChI=1S/C18H27N3O3S/c1-18(2,19-16(22)15-6-4-12-25-15)17(23)21-7-3-5-14(13-21)20-8-10-24-11-9-20/h4,6,12,14H,3,5,7-11,13H2,1-2H3,(H,19,22)/t14-/m1/s1. The molecule has 0 aromatic carbocycles. The van der Waals surface area contributed by atoms with Gasteiger partial charge in [-0.05, 0) is 38.1 Å². The minimum Gasteiger partial charge on any atom is -0.379 e. The van der Waals surface area contributed by atoms with Crippen molar-refractivity contribution >= 4 is 23.2 Å². The quantitative estimate of drug-likeness (QED) is 0.880. The van der Waals surface area contributed by atoms with Gasteiger partial charge in [-0.1, -0.05) is 6.07 Å². The Kier molecular flexibility index (Phi) is 5.76. The first-order chi connectivity index (χ1) is 12.0. The third-order valence-electron chi connectivity index (χ3n) is 4.95. The smallest absolute Gasteiger partial charge is 0.262 e. The van der Waals surface area contributed by atoms with E-state index in [4.69, 9.17) is 4.74 Å². The molecule has 0 radical (unpaired) electrons. The van der Waals surface area contributed by atoms with Crippen LogP contribution in [0.1, 0.15) is 36.4 Å². The molecule has 3 rings (SSSR count). The molecule has 0 unspecified atom stereocenters. The van der Waals surface area contributed by atoms with Crippen molar-refractivity contribution in [3.05, 3.63) is 22.4 Å². The lowest BCUT2D eigenvalue weighted by molar-refractivity contribution is -0.139. The van der Waals surface area contributed by atoms with E-state index in [9.17, 15) is 9.59 Å². The Balaban J connectivity index is 1.61. The van der Waals surface area contributed by atoms with E-state index in [0.29, 0.717) is 10.9 Å². The highest BCUT2D eigenvalue weighted by Gasteiger charge is 2.37. The van der Waals surface area contributed by atoms with E-state index in [2.05, 4.69) is 10.2 Å². The molecule has 2 aliphatic rings. The molecule has 2 aliphatic heterocycles. The molecule has 0 saturated carbocycles. The number of hydrogen-bond donors (Lipinski definition) is 1. The summed E-state index contributed by atoms with van der Waals surface area (Å²) in [6, 6.07) is 4.01. The third-order valence-corrected chi connectivity index (χ3v) is 5.82. The van der Waals surface area contributed by atoms with Crippen LogP contribution >= 0.6 is 11.3 Å². The number of nitrogens with zero attached hydrogens (tertiary/aromatic N) is 2. The lowest BCUT2D eigenvalue weighted by Crippen LogP contribution is -2.60. The highest BCUT2D eigenvalue weighted by atomic mass is 32.1. The summed E-state index contributed by atoms with van der Waals surface area (Å²) in [5.74, 6) is -0.189. The Morgan fingerprint density at radius 3 is 2.72 bits per heavy atom. The first kappa shape index (κ1) is 18.4. The molecule has 7 heteroatoms. The zero-order valence-corrected chi connectivity index (χ0v) is 15.8. The van der Waals surface area contributed by atoms with Gasteiger partial charge in [-0.2, -0.15) is 0 Å². The Labute approximate surface area is 153 Å². The highest BCUT2D eigenvalue weighted by Crippen LogP contribution is 2.20. The van der Waals surface area contributed by atoms with Crippen molar-refractivity contribution in [3.63, 3.8) is 0 Å². The average molecular weight is 365 g/mol. The number of nitrogens with one attached hydrogen (secondary N) is 1. The summed E-state index contributed by atoms with van der Waals surface area (Å²) in [7, 11) is 0. The van der Waals surface area contributed by atoms with Crippen LogP contribution in [-0.2, 0) is 9.53 Å². The molecule has 1 atom stereocenters. The average Bonchev–Trinajstić information content (AvgIpc) is 3.16. The van der Waals surface area contributed by atoms with Crippen molar-refractivity contribution in [2.45, 2.75) is 38.3 Å². The molecule has 2 fully saturated rings. The molecule has 1 aromatic rings. The summed E-state index contributed by atoms with van der Waals surface area (Å²) in [5, 5.41) is 4.76. The monoisotopic (exact) mass is 365 g/mol. The number of carbonyl (C=O) groups is 2. The fourth-order valence-corrected chi connectivity index (χ4v) is 4.20. The normalized spacial score (nSPS) is 22.6. The van der Waals surface area contributed by atoms with Crippen molar-refractivity contribution in [2.24, 2.45) is 0 Å². The Bertz CT molecular complexity index is 597. The first-order valence-corrected chi connectivity index (χ1v) is 9.82. The molecular weight excluding hydrogens is 338 g/mol. The molecule has 0 spiro atoms. The van der Waals surface area contributed by atoms with Gasteiger partial charge in [0.1, 0.15) is 5.54 Å². The van der Waals surface area contributed by atoms with Gasteiger partial charge >= 0.3 is 0 Å². The second-order valence-corrected chi connectivity index (χ2v) is 8.20. The number of carbonyl (C=O) groups excluding carboxylic acids is 2. The van der Waals surface area contributed by atoms with Crippen molar-refractivity contribution < 1.29 is 14.3 Å². The van der Waals surface area contributed by atoms with E-state index < -0.39 is 5.54 Å². The minimum absolute atomic E-state index is 0.00429. The Morgan fingerprint density at radius 1 is 1.28 bits per heavy atom. The van der Waals surface area contributed by atoms with E-state index in [1.807, 2.05) is 16.3 Å². The van der Waals surface area contributed by atoms with Crippen molar-refractivity contribution in [3.8, 4) is 0 Å². The van der Waals surface area contributed by atoms with Crippen LogP contribution in [0.25, 0.3) is 0 Å². The molecule has 138 valence electrons. The molecule has 6 nitrogen and oxygen atoms in total. The van der Waals surface area contributed by atoms with Crippen LogP contribution in [0.15, 0.2) is 17.5 Å². The van der Waals surface area contributed by atoms with Crippen LogP contribution in [-0.4, -0.2) is 72.6 Å². The van der Waals surface area contributed by atoms with Gasteiger partial charge in [-0.15, -0.1) is 11.3 Å². The summed E-state index contributed by atoms with van der Waals surface area (Å²) >= 11 is 1.38. The summed E-state index contributed by atoms with van der Waals surface area (Å²) in [5.41, 5.74) is -0.909. The van der Waals surface area contributed by atoms with Crippen LogP contribution in [0.2, 0.25) is 0 Å². The Morgan fingerprint density at radius 2 is 2.04 bits per heavy atom. The highest BCUT2D eigenvalue weighted by molar-refractivity contribution is 7.12.